The molecule has 2 aliphatic rings. The lowest BCUT2D eigenvalue weighted by atomic mass is 9.85. The minimum atomic E-state index is -0.129. The number of nitrogens with zero attached hydrogens (tertiary/aromatic N) is 2. The molecule has 0 saturated carbocycles. The number of piperidine rings is 1. The third kappa shape index (κ3) is 1.77. The minimum Gasteiger partial charge on any atom is -0.382 e. The first kappa shape index (κ1) is 12.1. The Balaban J connectivity index is 2.00. The zero-order valence-electron chi connectivity index (χ0n) is 11.1. The first-order valence-corrected chi connectivity index (χ1v) is 6.65. The predicted octanol–water partition coefficient (Wildman–Crippen LogP) is 0.988. The maximum Gasteiger partial charge on any atom is 0.112 e. The second-order valence-corrected chi connectivity index (χ2v) is 5.29. The SMILES string of the molecule is COC[C@H]1COC2(CCNCC2)c2c(C)cnn21. The molecule has 0 bridgehead atoms. The smallest absolute Gasteiger partial charge is 0.112 e. The van der Waals surface area contributed by atoms with Crippen LogP contribution in [-0.2, 0) is 15.1 Å². The van der Waals surface area contributed by atoms with Crippen LogP contribution in [-0.4, -0.2) is 43.2 Å². The van der Waals surface area contributed by atoms with Crippen LogP contribution in [0.15, 0.2) is 6.20 Å². The molecule has 1 aromatic heterocycles. The van der Waals surface area contributed by atoms with E-state index in [1.54, 1.807) is 7.11 Å². The molecule has 1 spiro atoms. The molecule has 1 N–H and O–H groups in total. The van der Waals surface area contributed by atoms with Gasteiger partial charge in [-0.05, 0) is 38.4 Å². The molecule has 5 nitrogen and oxygen atoms in total. The van der Waals surface area contributed by atoms with E-state index < -0.39 is 0 Å². The average Bonchev–Trinajstić information content (AvgIpc) is 2.78. The van der Waals surface area contributed by atoms with E-state index in [0.29, 0.717) is 13.2 Å². The van der Waals surface area contributed by atoms with Crippen molar-refractivity contribution in [3.05, 3.63) is 17.5 Å². The van der Waals surface area contributed by atoms with Crippen LogP contribution in [0.3, 0.4) is 0 Å². The van der Waals surface area contributed by atoms with E-state index in [1.807, 2.05) is 6.20 Å². The molecule has 2 aliphatic heterocycles. The fraction of sp³-hybridized carbons (Fsp3) is 0.769. The predicted molar refractivity (Wildman–Crippen MR) is 67.6 cm³/mol. The molecule has 0 aliphatic carbocycles. The van der Waals surface area contributed by atoms with Crippen molar-refractivity contribution in [3.8, 4) is 0 Å². The Morgan fingerprint density at radius 2 is 2.33 bits per heavy atom. The molecule has 1 saturated heterocycles. The molecule has 0 radical (unpaired) electrons. The van der Waals surface area contributed by atoms with E-state index in [4.69, 9.17) is 9.47 Å². The number of hydrogen-bond acceptors (Lipinski definition) is 4. The highest BCUT2D eigenvalue weighted by Gasteiger charge is 2.43. The Bertz CT molecular complexity index is 424. The van der Waals surface area contributed by atoms with Gasteiger partial charge in [-0.1, -0.05) is 0 Å². The number of nitrogens with one attached hydrogen (secondary N) is 1. The quantitative estimate of drug-likeness (QED) is 0.851. The Labute approximate surface area is 107 Å². The van der Waals surface area contributed by atoms with E-state index in [9.17, 15) is 0 Å². The number of aromatic nitrogens is 2. The summed E-state index contributed by atoms with van der Waals surface area (Å²) in [4.78, 5) is 0. The third-order valence-electron chi connectivity index (χ3n) is 4.08. The highest BCUT2D eigenvalue weighted by molar-refractivity contribution is 5.26. The van der Waals surface area contributed by atoms with Gasteiger partial charge in [-0.3, -0.25) is 4.68 Å². The number of rotatable bonds is 2. The molecule has 3 heterocycles. The lowest BCUT2D eigenvalue weighted by Gasteiger charge is -2.43. The van der Waals surface area contributed by atoms with Crippen molar-refractivity contribution in [2.45, 2.75) is 31.4 Å². The van der Waals surface area contributed by atoms with Gasteiger partial charge in [-0.2, -0.15) is 5.10 Å². The Morgan fingerprint density at radius 1 is 1.56 bits per heavy atom. The van der Waals surface area contributed by atoms with E-state index in [1.165, 1.54) is 11.3 Å². The maximum absolute atomic E-state index is 6.26. The van der Waals surface area contributed by atoms with Crippen LogP contribution < -0.4 is 5.32 Å². The zero-order chi connectivity index (χ0) is 12.6. The number of methoxy groups -OCH3 is 1. The van der Waals surface area contributed by atoms with Gasteiger partial charge in [0.1, 0.15) is 5.60 Å². The van der Waals surface area contributed by atoms with Crippen molar-refractivity contribution in [3.63, 3.8) is 0 Å². The van der Waals surface area contributed by atoms with Gasteiger partial charge < -0.3 is 14.8 Å². The molecule has 5 heteroatoms. The highest BCUT2D eigenvalue weighted by Crippen LogP contribution is 2.41. The first-order valence-electron chi connectivity index (χ1n) is 6.65. The molecule has 100 valence electrons. The summed E-state index contributed by atoms with van der Waals surface area (Å²) >= 11 is 0. The monoisotopic (exact) mass is 251 g/mol. The van der Waals surface area contributed by atoms with E-state index in [-0.39, 0.29) is 11.6 Å². The van der Waals surface area contributed by atoms with Crippen LogP contribution in [0.2, 0.25) is 0 Å². The normalized spacial score (nSPS) is 26.2. The molecule has 0 aromatic carbocycles. The van der Waals surface area contributed by atoms with Crippen molar-refractivity contribution < 1.29 is 9.47 Å². The molecule has 18 heavy (non-hydrogen) atoms. The second kappa shape index (κ2) is 4.64. The summed E-state index contributed by atoms with van der Waals surface area (Å²) in [5.74, 6) is 0. The van der Waals surface area contributed by atoms with Crippen LogP contribution in [0.1, 0.15) is 30.1 Å². The summed E-state index contributed by atoms with van der Waals surface area (Å²) in [6, 6.07) is 0.208. The van der Waals surface area contributed by atoms with Crippen molar-refractivity contribution >= 4 is 0 Å². The van der Waals surface area contributed by atoms with Crippen LogP contribution >= 0.6 is 0 Å². The molecule has 0 unspecified atom stereocenters. The van der Waals surface area contributed by atoms with Crippen LogP contribution in [0, 0.1) is 6.92 Å². The lowest BCUT2D eigenvalue weighted by Crippen LogP contribution is -2.48. The van der Waals surface area contributed by atoms with Crippen LogP contribution in [0.5, 0.6) is 0 Å². The highest BCUT2D eigenvalue weighted by atomic mass is 16.5. The Morgan fingerprint density at radius 3 is 3.06 bits per heavy atom. The van der Waals surface area contributed by atoms with Gasteiger partial charge in [-0.15, -0.1) is 0 Å². The third-order valence-corrected chi connectivity index (χ3v) is 4.08. The number of fused-ring (bicyclic) bond motifs is 2. The topological polar surface area (TPSA) is 48.3 Å². The van der Waals surface area contributed by atoms with E-state index in [2.05, 4.69) is 22.0 Å². The average molecular weight is 251 g/mol. The molecular weight excluding hydrogens is 230 g/mol. The summed E-state index contributed by atoms with van der Waals surface area (Å²) in [6.45, 7) is 5.50. The molecule has 3 rings (SSSR count). The summed E-state index contributed by atoms with van der Waals surface area (Å²) in [6.07, 6.45) is 4.01. The van der Waals surface area contributed by atoms with Gasteiger partial charge in [0.05, 0.1) is 31.1 Å². The maximum atomic E-state index is 6.26. The van der Waals surface area contributed by atoms with Gasteiger partial charge in [-0.25, -0.2) is 0 Å². The molecule has 1 atom stereocenters. The molecular formula is C13H21N3O2. The fourth-order valence-electron chi connectivity index (χ4n) is 3.21. The van der Waals surface area contributed by atoms with Gasteiger partial charge in [0.15, 0.2) is 0 Å². The standard InChI is InChI=1S/C13H21N3O2/c1-10-7-15-16-11(8-17-2)9-18-13(12(10)16)3-5-14-6-4-13/h7,11,14H,3-6,8-9H2,1-2H3/t11-/m0/s1. The Hall–Kier alpha value is -0.910. The Kier molecular flexibility index (Phi) is 3.13. The first-order chi connectivity index (χ1) is 8.77. The van der Waals surface area contributed by atoms with Crippen LogP contribution in [0.4, 0.5) is 0 Å². The van der Waals surface area contributed by atoms with Gasteiger partial charge in [0, 0.05) is 7.11 Å². The van der Waals surface area contributed by atoms with Crippen molar-refractivity contribution in [1.29, 1.82) is 0 Å². The second-order valence-electron chi connectivity index (χ2n) is 5.29. The minimum absolute atomic E-state index is 0.129. The van der Waals surface area contributed by atoms with Gasteiger partial charge in [0.2, 0.25) is 0 Å². The van der Waals surface area contributed by atoms with E-state index >= 15 is 0 Å². The van der Waals surface area contributed by atoms with Crippen molar-refractivity contribution in [2.24, 2.45) is 0 Å². The van der Waals surface area contributed by atoms with Crippen LogP contribution in [0.25, 0.3) is 0 Å². The summed E-state index contributed by atoms with van der Waals surface area (Å²) in [7, 11) is 1.73. The van der Waals surface area contributed by atoms with Crippen molar-refractivity contribution in [2.75, 3.05) is 33.4 Å². The van der Waals surface area contributed by atoms with Gasteiger partial charge >= 0.3 is 0 Å². The van der Waals surface area contributed by atoms with E-state index in [0.717, 1.165) is 25.9 Å². The molecule has 0 amide bonds. The largest absolute Gasteiger partial charge is 0.382 e. The number of hydrogen-bond donors (Lipinski definition) is 1. The van der Waals surface area contributed by atoms with Crippen molar-refractivity contribution in [1.82, 2.24) is 15.1 Å². The number of ether oxygens (including phenoxy) is 2. The molecule has 1 fully saturated rings. The summed E-state index contributed by atoms with van der Waals surface area (Å²) in [5.41, 5.74) is 2.37. The van der Waals surface area contributed by atoms with Gasteiger partial charge in [0.25, 0.3) is 0 Å². The fourth-order valence-corrected chi connectivity index (χ4v) is 3.21. The number of aryl methyl sites for hydroxylation is 1. The zero-order valence-corrected chi connectivity index (χ0v) is 11.1. The lowest BCUT2D eigenvalue weighted by molar-refractivity contribution is -0.119. The molecule has 1 aromatic rings. The summed E-state index contributed by atoms with van der Waals surface area (Å²) in [5, 5.41) is 7.94. The summed E-state index contributed by atoms with van der Waals surface area (Å²) < 4.78 is 13.7.